The minimum Gasteiger partial charge on any atom is -0.223 e. The van der Waals surface area contributed by atoms with Crippen LogP contribution >= 0.6 is 0 Å². The lowest BCUT2D eigenvalue weighted by Crippen LogP contribution is -2.55. The van der Waals surface area contributed by atoms with E-state index in [9.17, 15) is 0 Å². The molecule has 3 nitrogen and oxygen atoms in total. The highest BCUT2D eigenvalue weighted by molar-refractivity contribution is 4.95. The third kappa shape index (κ3) is 4.11. The van der Waals surface area contributed by atoms with Crippen molar-refractivity contribution in [2.75, 3.05) is 13.1 Å². The summed E-state index contributed by atoms with van der Waals surface area (Å²) in [6.45, 7) is 9.80. The fraction of sp³-hybridized carbons (Fsp3) is 1.00. The first-order chi connectivity index (χ1) is 11.1. The smallest absolute Gasteiger partial charge is 0.0435 e. The molecule has 2 atom stereocenters. The van der Waals surface area contributed by atoms with Gasteiger partial charge in [-0.2, -0.15) is 5.12 Å². The molecule has 3 rings (SSSR count). The Labute approximate surface area is 144 Å². The number of fused-ring (bicyclic) bond motifs is 3. The molecule has 0 aromatic heterocycles. The summed E-state index contributed by atoms with van der Waals surface area (Å²) in [6.07, 6.45) is 17.1. The van der Waals surface area contributed by atoms with Crippen LogP contribution < -0.4 is 0 Å². The van der Waals surface area contributed by atoms with Gasteiger partial charge in [-0.3, -0.25) is 0 Å². The van der Waals surface area contributed by atoms with Crippen LogP contribution in [-0.2, 0) is 0 Å². The highest BCUT2D eigenvalue weighted by Gasteiger charge is 2.48. The van der Waals surface area contributed by atoms with Crippen LogP contribution in [0.1, 0.15) is 97.8 Å². The highest BCUT2D eigenvalue weighted by atomic mass is 15.9. The minimum atomic E-state index is 0.236. The molecule has 1 saturated carbocycles. The molecule has 134 valence electrons. The van der Waals surface area contributed by atoms with Crippen LogP contribution in [0.25, 0.3) is 0 Å². The summed E-state index contributed by atoms with van der Waals surface area (Å²) in [7, 11) is 0. The summed E-state index contributed by atoms with van der Waals surface area (Å²) >= 11 is 0. The van der Waals surface area contributed by atoms with Crippen molar-refractivity contribution >= 4 is 0 Å². The zero-order valence-electron chi connectivity index (χ0n) is 15.9. The molecule has 2 aliphatic heterocycles. The second-order valence-electron chi connectivity index (χ2n) is 9.02. The molecule has 2 heterocycles. The maximum absolute atomic E-state index is 2.81. The number of hydrazine groups is 2. The van der Waals surface area contributed by atoms with Gasteiger partial charge in [-0.25, -0.2) is 10.0 Å². The molecule has 23 heavy (non-hydrogen) atoms. The molecule has 1 aliphatic carbocycles. The molecule has 0 bridgehead atoms. The predicted molar refractivity (Wildman–Crippen MR) is 98.0 cm³/mol. The van der Waals surface area contributed by atoms with Crippen molar-refractivity contribution in [1.29, 1.82) is 0 Å². The van der Waals surface area contributed by atoms with E-state index in [1.165, 1.54) is 90.1 Å². The van der Waals surface area contributed by atoms with Gasteiger partial charge in [0.25, 0.3) is 0 Å². The van der Waals surface area contributed by atoms with E-state index in [4.69, 9.17) is 0 Å². The van der Waals surface area contributed by atoms with Gasteiger partial charge in [0.15, 0.2) is 0 Å². The molecular formula is C20H39N3. The van der Waals surface area contributed by atoms with E-state index in [2.05, 4.69) is 35.9 Å². The fourth-order valence-corrected chi connectivity index (χ4v) is 5.14. The van der Waals surface area contributed by atoms with E-state index in [0.717, 1.165) is 12.1 Å². The first-order valence-electron chi connectivity index (χ1n) is 10.4. The van der Waals surface area contributed by atoms with Crippen molar-refractivity contribution in [3.05, 3.63) is 0 Å². The van der Waals surface area contributed by atoms with Gasteiger partial charge in [-0.1, -0.05) is 51.4 Å². The van der Waals surface area contributed by atoms with E-state index < -0.39 is 0 Å². The maximum atomic E-state index is 2.81. The average Bonchev–Trinajstić information content (AvgIpc) is 2.86. The van der Waals surface area contributed by atoms with Crippen LogP contribution in [0.2, 0.25) is 0 Å². The van der Waals surface area contributed by atoms with E-state index in [1.54, 1.807) is 0 Å². The third-order valence-corrected chi connectivity index (χ3v) is 6.12. The molecule has 0 N–H and O–H groups in total. The molecule has 0 aromatic rings. The van der Waals surface area contributed by atoms with Gasteiger partial charge in [-0.05, 0) is 46.5 Å². The van der Waals surface area contributed by atoms with Crippen molar-refractivity contribution in [3.8, 4) is 0 Å². The number of nitrogens with zero attached hydrogens (tertiary/aromatic N) is 3. The van der Waals surface area contributed by atoms with Crippen LogP contribution in [0, 0.1) is 0 Å². The lowest BCUT2D eigenvalue weighted by molar-refractivity contribution is -0.175. The first kappa shape index (κ1) is 17.7. The monoisotopic (exact) mass is 321 g/mol. The second kappa shape index (κ2) is 7.84. The normalized spacial score (nSPS) is 33.5. The van der Waals surface area contributed by atoms with Crippen molar-refractivity contribution in [3.63, 3.8) is 0 Å². The van der Waals surface area contributed by atoms with Gasteiger partial charge in [-0.15, -0.1) is 0 Å². The zero-order valence-corrected chi connectivity index (χ0v) is 15.9. The molecule has 0 spiro atoms. The van der Waals surface area contributed by atoms with Gasteiger partial charge in [0.2, 0.25) is 0 Å². The Bertz CT molecular complexity index is 334. The Hall–Kier alpha value is -0.120. The molecule has 2 saturated heterocycles. The standard InChI is InChI=1S/C20H39N3/c1-20(2,3)23-19-15-11-7-4-6-10-14-18(19)21-16-12-8-5-9-13-17-22(21)23/h18-19H,4-17H2,1-3H3. The van der Waals surface area contributed by atoms with E-state index in [-0.39, 0.29) is 5.54 Å². The van der Waals surface area contributed by atoms with Crippen LogP contribution in [-0.4, -0.2) is 45.8 Å². The molecule has 0 aromatic carbocycles. The number of rotatable bonds is 0. The van der Waals surface area contributed by atoms with Crippen LogP contribution in [0.15, 0.2) is 0 Å². The number of hydrogen-bond donors (Lipinski definition) is 0. The van der Waals surface area contributed by atoms with Crippen molar-refractivity contribution < 1.29 is 0 Å². The Morgan fingerprint density at radius 2 is 1.13 bits per heavy atom. The fourth-order valence-electron chi connectivity index (χ4n) is 5.14. The van der Waals surface area contributed by atoms with Gasteiger partial charge in [0.05, 0.1) is 0 Å². The molecule has 3 fully saturated rings. The first-order valence-corrected chi connectivity index (χ1v) is 10.4. The third-order valence-electron chi connectivity index (χ3n) is 6.12. The zero-order chi connectivity index (χ0) is 16.3. The molecule has 0 radical (unpaired) electrons. The second-order valence-corrected chi connectivity index (χ2v) is 9.02. The minimum absolute atomic E-state index is 0.236. The molecule has 3 aliphatic rings. The maximum Gasteiger partial charge on any atom is 0.0435 e. The van der Waals surface area contributed by atoms with Crippen LogP contribution in [0.5, 0.6) is 0 Å². The quantitative estimate of drug-likeness (QED) is 0.623. The molecule has 0 amide bonds. The van der Waals surface area contributed by atoms with Gasteiger partial charge >= 0.3 is 0 Å². The summed E-state index contributed by atoms with van der Waals surface area (Å²) in [5.74, 6) is 0. The Balaban J connectivity index is 1.87. The Morgan fingerprint density at radius 1 is 0.609 bits per heavy atom. The van der Waals surface area contributed by atoms with Gasteiger partial charge in [0, 0.05) is 30.7 Å². The summed E-state index contributed by atoms with van der Waals surface area (Å²) in [5, 5.41) is 8.32. The molecule has 3 heteroatoms. The lowest BCUT2D eigenvalue weighted by Gasteiger charge is -2.43. The van der Waals surface area contributed by atoms with Crippen LogP contribution in [0.3, 0.4) is 0 Å². The highest BCUT2D eigenvalue weighted by Crippen LogP contribution is 2.38. The topological polar surface area (TPSA) is 9.72 Å². The largest absolute Gasteiger partial charge is 0.223 e. The summed E-state index contributed by atoms with van der Waals surface area (Å²) in [6, 6.07) is 1.51. The summed E-state index contributed by atoms with van der Waals surface area (Å²) in [5.41, 5.74) is 0.236. The average molecular weight is 322 g/mol. The van der Waals surface area contributed by atoms with Crippen molar-refractivity contribution in [1.82, 2.24) is 15.1 Å². The number of hydrogen-bond acceptors (Lipinski definition) is 3. The van der Waals surface area contributed by atoms with Gasteiger partial charge in [0.1, 0.15) is 0 Å². The van der Waals surface area contributed by atoms with E-state index in [0.29, 0.717) is 0 Å². The SMILES string of the molecule is CC(C)(C)N1C2CCCCCCCC2N2CCCCCCCN21. The Morgan fingerprint density at radius 3 is 1.78 bits per heavy atom. The van der Waals surface area contributed by atoms with Crippen molar-refractivity contribution in [2.24, 2.45) is 0 Å². The lowest BCUT2D eigenvalue weighted by atomic mass is 9.95. The van der Waals surface area contributed by atoms with Crippen LogP contribution in [0.4, 0.5) is 0 Å². The van der Waals surface area contributed by atoms with Gasteiger partial charge < -0.3 is 0 Å². The Kier molecular flexibility index (Phi) is 6.03. The predicted octanol–water partition coefficient (Wildman–Crippen LogP) is 4.98. The molecule has 2 unspecified atom stereocenters. The summed E-state index contributed by atoms with van der Waals surface area (Å²) in [4.78, 5) is 0. The van der Waals surface area contributed by atoms with E-state index in [1.807, 2.05) is 0 Å². The summed E-state index contributed by atoms with van der Waals surface area (Å²) < 4.78 is 0. The van der Waals surface area contributed by atoms with Crippen molar-refractivity contribution in [2.45, 2.75) is 115 Å². The van der Waals surface area contributed by atoms with E-state index >= 15 is 0 Å². The molecular weight excluding hydrogens is 282 g/mol.